The van der Waals surface area contributed by atoms with Crippen molar-refractivity contribution in [3.05, 3.63) is 71.8 Å². The van der Waals surface area contributed by atoms with Crippen LogP contribution in [-0.2, 0) is 9.53 Å². The van der Waals surface area contributed by atoms with Crippen LogP contribution in [0.2, 0.25) is 0 Å². The van der Waals surface area contributed by atoms with E-state index in [1.165, 1.54) is 7.11 Å². The van der Waals surface area contributed by atoms with Gasteiger partial charge in [0.05, 0.1) is 19.8 Å². The van der Waals surface area contributed by atoms with Crippen molar-refractivity contribution in [3.8, 4) is 5.75 Å². The highest BCUT2D eigenvalue weighted by Crippen LogP contribution is 2.30. The summed E-state index contributed by atoms with van der Waals surface area (Å²) >= 11 is 0. The third-order valence-electron chi connectivity index (χ3n) is 6.06. The minimum absolute atomic E-state index is 0.0360. The van der Waals surface area contributed by atoms with E-state index in [0.29, 0.717) is 42.7 Å². The van der Waals surface area contributed by atoms with E-state index in [0.717, 1.165) is 16.5 Å². The van der Waals surface area contributed by atoms with Gasteiger partial charge in [-0.25, -0.2) is 4.79 Å². The number of amides is 2. The Balaban J connectivity index is 1.39. The van der Waals surface area contributed by atoms with E-state index < -0.39 is 5.97 Å². The van der Waals surface area contributed by atoms with Crippen molar-refractivity contribution in [3.63, 3.8) is 0 Å². The number of fused-ring (bicyclic) bond motifs is 1. The molecule has 33 heavy (non-hydrogen) atoms. The van der Waals surface area contributed by atoms with Crippen molar-refractivity contribution in [1.29, 1.82) is 0 Å². The number of nitrogens with zero attached hydrogens (tertiary/aromatic N) is 1. The molecule has 0 bridgehead atoms. The van der Waals surface area contributed by atoms with Gasteiger partial charge in [0.2, 0.25) is 5.91 Å². The zero-order valence-corrected chi connectivity index (χ0v) is 18.7. The van der Waals surface area contributed by atoms with E-state index in [9.17, 15) is 14.4 Å². The molecular weight excluding hydrogens is 420 g/mol. The number of ether oxygens (including phenoxy) is 2. The molecular formula is C26H26N2O5. The molecule has 0 unspecified atom stereocenters. The molecule has 0 spiro atoms. The predicted octanol–water partition coefficient (Wildman–Crippen LogP) is 4.13. The summed E-state index contributed by atoms with van der Waals surface area (Å²) in [4.78, 5) is 39.3. The number of rotatable bonds is 5. The van der Waals surface area contributed by atoms with Gasteiger partial charge in [0.1, 0.15) is 5.75 Å². The summed E-state index contributed by atoms with van der Waals surface area (Å²) in [6.45, 7) is 1.02. The Hall–Kier alpha value is -3.87. The molecule has 0 saturated carbocycles. The monoisotopic (exact) mass is 446 g/mol. The molecule has 1 aliphatic heterocycles. The molecule has 1 N–H and O–H groups in total. The van der Waals surface area contributed by atoms with Gasteiger partial charge in [0, 0.05) is 35.6 Å². The Kier molecular flexibility index (Phi) is 6.58. The van der Waals surface area contributed by atoms with Crippen LogP contribution in [0.1, 0.15) is 33.6 Å². The predicted molar refractivity (Wildman–Crippen MR) is 126 cm³/mol. The number of anilines is 1. The largest absolute Gasteiger partial charge is 0.496 e. The van der Waals surface area contributed by atoms with Crippen LogP contribution in [-0.4, -0.2) is 50.0 Å². The highest BCUT2D eigenvalue weighted by molar-refractivity contribution is 6.08. The van der Waals surface area contributed by atoms with Crippen LogP contribution in [0, 0.1) is 5.92 Å². The maximum Gasteiger partial charge on any atom is 0.337 e. The Bertz CT molecular complexity index is 1180. The fourth-order valence-corrected chi connectivity index (χ4v) is 4.20. The highest BCUT2D eigenvalue weighted by Gasteiger charge is 2.28. The third-order valence-corrected chi connectivity index (χ3v) is 6.06. The van der Waals surface area contributed by atoms with E-state index in [1.807, 2.05) is 35.2 Å². The van der Waals surface area contributed by atoms with Crippen LogP contribution < -0.4 is 10.1 Å². The Labute approximate surface area is 192 Å². The van der Waals surface area contributed by atoms with Gasteiger partial charge in [-0.1, -0.05) is 24.3 Å². The number of piperidine rings is 1. The van der Waals surface area contributed by atoms with Crippen molar-refractivity contribution in [2.24, 2.45) is 5.92 Å². The molecule has 170 valence electrons. The average molecular weight is 447 g/mol. The molecule has 3 aromatic rings. The summed E-state index contributed by atoms with van der Waals surface area (Å²) in [7, 11) is 2.94. The van der Waals surface area contributed by atoms with Gasteiger partial charge in [-0.2, -0.15) is 0 Å². The van der Waals surface area contributed by atoms with Gasteiger partial charge < -0.3 is 19.7 Å². The van der Waals surface area contributed by atoms with Crippen molar-refractivity contribution in [2.75, 3.05) is 32.6 Å². The second-order valence-electron chi connectivity index (χ2n) is 7.99. The standard InChI is InChI=1S/C26H26N2O5/c1-32-23-12-11-22(20-5-3-4-6-21(20)23)25(30)28-15-13-17(14-16-28)24(29)27-19-9-7-18(8-10-19)26(31)33-2/h3-12,17H,13-16H2,1-2H3,(H,27,29). The quantitative estimate of drug-likeness (QED) is 0.596. The van der Waals surface area contributed by atoms with Crippen LogP contribution in [0.3, 0.4) is 0 Å². The minimum Gasteiger partial charge on any atom is -0.496 e. The van der Waals surface area contributed by atoms with E-state index in [1.54, 1.807) is 37.4 Å². The van der Waals surface area contributed by atoms with Gasteiger partial charge in [0.25, 0.3) is 5.91 Å². The third kappa shape index (κ3) is 4.67. The number of carbonyl (C=O) groups is 3. The van der Waals surface area contributed by atoms with Gasteiger partial charge >= 0.3 is 5.97 Å². The number of methoxy groups -OCH3 is 2. The van der Waals surface area contributed by atoms with Crippen molar-refractivity contribution in [2.45, 2.75) is 12.8 Å². The lowest BCUT2D eigenvalue weighted by molar-refractivity contribution is -0.121. The molecule has 3 aromatic carbocycles. The summed E-state index contributed by atoms with van der Waals surface area (Å²) < 4.78 is 10.1. The van der Waals surface area contributed by atoms with Gasteiger partial charge in [-0.3, -0.25) is 9.59 Å². The SMILES string of the molecule is COC(=O)c1ccc(NC(=O)C2CCN(C(=O)c3ccc(OC)c4ccccc34)CC2)cc1. The first-order valence-electron chi connectivity index (χ1n) is 10.9. The summed E-state index contributed by atoms with van der Waals surface area (Å²) in [5.41, 5.74) is 1.68. The molecule has 0 atom stereocenters. The first kappa shape index (κ1) is 22.3. The van der Waals surface area contributed by atoms with Crippen LogP contribution in [0.15, 0.2) is 60.7 Å². The van der Waals surface area contributed by atoms with Crippen LogP contribution in [0.4, 0.5) is 5.69 Å². The van der Waals surface area contributed by atoms with Crippen LogP contribution >= 0.6 is 0 Å². The second kappa shape index (κ2) is 9.73. The first-order chi connectivity index (χ1) is 16.0. The number of benzene rings is 3. The molecule has 0 aromatic heterocycles. The maximum atomic E-state index is 13.2. The number of hydrogen-bond donors (Lipinski definition) is 1. The summed E-state index contributed by atoms with van der Waals surface area (Å²) in [6.07, 6.45) is 1.18. The fourth-order valence-electron chi connectivity index (χ4n) is 4.20. The zero-order chi connectivity index (χ0) is 23.4. The van der Waals surface area contributed by atoms with Gasteiger partial charge in [-0.05, 0) is 54.6 Å². The molecule has 1 saturated heterocycles. The lowest BCUT2D eigenvalue weighted by Gasteiger charge is -2.31. The number of carbonyl (C=O) groups excluding carboxylic acids is 3. The second-order valence-corrected chi connectivity index (χ2v) is 7.99. The van der Waals surface area contributed by atoms with E-state index in [4.69, 9.17) is 4.74 Å². The smallest absolute Gasteiger partial charge is 0.337 e. The number of hydrogen-bond acceptors (Lipinski definition) is 5. The molecule has 2 amide bonds. The molecule has 7 heteroatoms. The number of nitrogens with one attached hydrogen (secondary N) is 1. The highest BCUT2D eigenvalue weighted by atomic mass is 16.5. The maximum absolute atomic E-state index is 13.2. The van der Waals surface area contributed by atoms with Crippen LogP contribution in [0.25, 0.3) is 10.8 Å². The Morgan fingerprint density at radius 1 is 0.879 bits per heavy atom. The van der Waals surface area contributed by atoms with E-state index in [-0.39, 0.29) is 17.7 Å². The van der Waals surface area contributed by atoms with Crippen molar-refractivity contribution < 1.29 is 23.9 Å². The topological polar surface area (TPSA) is 84.9 Å². The molecule has 0 radical (unpaired) electrons. The van der Waals surface area contributed by atoms with Crippen molar-refractivity contribution >= 4 is 34.2 Å². The van der Waals surface area contributed by atoms with Gasteiger partial charge in [0.15, 0.2) is 0 Å². The molecule has 1 heterocycles. The lowest BCUT2D eigenvalue weighted by Crippen LogP contribution is -2.41. The molecule has 1 aliphatic rings. The number of esters is 1. The normalized spacial score (nSPS) is 14.1. The zero-order valence-electron chi connectivity index (χ0n) is 18.7. The average Bonchev–Trinajstić information content (AvgIpc) is 2.87. The number of likely N-dealkylation sites (tertiary alicyclic amines) is 1. The van der Waals surface area contributed by atoms with E-state index in [2.05, 4.69) is 10.1 Å². The summed E-state index contributed by atoms with van der Waals surface area (Å²) in [6, 6.07) is 17.9. The van der Waals surface area contributed by atoms with Crippen LogP contribution in [0.5, 0.6) is 5.75 Å². The Morgan fingerprint density at radius 2 is 1.55 bits per heavy atom. The summed E-state index contributed by atoms with van der Waals surface area (Å²) in [5, 5.41) is 4.66. The van der Waals surface area contributed by atoms with Crippen molar-refractivity contribution in [1.82, 2.24) is 4.90 Å². The molecule has 1 fully saturated rings. The Morgan fingerprint density at radius 3 is 2.18 bits per heavy atom. The first-order valence-corrected chi connectivity index (χ1v) is 10.9. The molecule has 0 aliphatic carbocycles. The van der Waals surface area contributed by atoms with E-state index >= 15 is 0 Å². The molecule has 7 nitrogen and oxygen atoms in total. The van der Waals surface area contributed by atoms with Gasteiger partial charge in [-0.15, -0.1) is 0 Å². The lowest BCUT2D eigenvalue weighted by atomic mass is 9.94. The molecule has 4 rings (SSSR count). The summed E-state index contributed by atoms with van der Waals surface area (Å²) in [5.74, 6) is 0.0163. The minimum atomic E-state index is -0.422. The fraction of sp³-hybridized carbons (Fsp3) is 0.269.